The molecule has 0 fully saturated rings. The van der Waals surface area contributed by atoms with E-state index in [1.807, 2.05) is 79.7 Å². The maximum Gasteiger partial charge on any atom is 0.335 e. The number of hydrogen-bond donors (Lipinski definition) is 0. The summed E-state index contributed by atoms with van der Waals surface area (Å²) >= 11 is 0. The molecule has 0 saturated carbocycles. The molecule has 0 aliphatic rings. The molecule has 2 aromatic carbocycles. The van der Waals surface area contributed by atoms with Gasteiger partial charge in [0.25, 0.3) is 0 Å². The van der Waals surface area contributed by atoms with Crippen molar-refractivity contribution < 1.29 is 0 Å². The molecule has 136 valence electrons. The van der Waals surface area contributed by atoms with Crippen LogP contribution in [0.5, 0.6) is 0 Å². The molecule has 5 rings (SSSR count). The highest BCUT2D eigenvalue weighted by molar-refractivity contribution is 5.81. The monoisotopic (exact) mass is 366 g/mol. The molecule has 0 N–H and O–H groups in total. The maximum atomic E-state index is 13.5. The van der Waals surface area contributed by atoms with E-state index >= 15 is 0 Å². The second kappa shape index (κ2) is 6.46. The predicted molar refractivity (Wildman–Crippen MR) is 111 cm³/mol. The molecule has 3 heterocycles. The van der Waals surface area contributed by atoms with Crippen LogP contribution in [0.15, 0.2) is 90.0 Å². The van der Waals surface area contributed by atoms with Crippen molar-refractivity contribution in [2.45, 2.75) is 13.0 Å². The summed E-state index contributed by atoms with van der Waals surface area (Å²) in [5.74, 6) is 0.610. The Hall–Kier alpha value is -3.73. The van der Waals surface area contributed by atoms with Gasteiger partial charge in [0.2, 0.25) is 0 Å². The number of pyridine rings is 2. The second-order valence-corrected chi connectivity index (χ2v) is 6.80. The SMILES string of the molecule is C[C@@H](c1ccccc1)n1c(=O)n(-c2ccc3ccccc3n2)c2ccncc21. The van der Waals surface area contributed by atoms with Gasteiger partial charge in [-0.1, -0.05) is 48.5 Å². The van der Waals surface area contributed by atoms with Gasteiger partial charge >= 0.3 is 5.69 Å². The zero-order valence-corrected chi connectivity index (χ0v) is 15.4. The first kappa shape index (κ1) is 16.4. The highest BCUT2D eigenvalue weighted by Crippen LogP contribution is 2.24. The van der Waals surface area contributed by atoms with E-state index in [-0.39, 0.29) is 11.7 Å². The van der Waals surface area contributed by atoms with Crippen LogP contribution in [0.1, 0.15) is 18.5 Å². The summed E-state index contributed by atoms with van der Waals surface area (Å²) in [5.41, 5.74) is 3.39. The number of fused-ring (bicyclic) bond motifs is 2. The largest absolute Gasteiger partial charge is 0.335 e. The Balaban J connectivity index is 1.78. The van der Waals surface area contributed by atoms with Crippen molar-refractivity contribution in [3.8, 4) is 5.82 Å². The van der Waals surface area contributed by atoms with Crippen molar-refractivity contribution in [1.82, 2.24) is 19.1 Å². The topological polar surface area (TPSA) is 52.7 Å². The molecule has 0 spiro atoms. The zero-order chi connectivity index (χ0) is 19.1. The van der Waals surface area contributed by atoms with E-state index in [2.05, 4.69) is 4.98 Å². The van der Waals surface area contributed by atoms with Crippen LogP contribution in [0.3, 0.4) is 0 Å². The smallest absolute Gasteiger partial charge is 0.283 e. The van der Waals surface area contributed by atoms with Gasteiger partial charge in [-0.15, -0.1) is 0 Å². The van der Waals surface area contributed by atoms with Crippen molar-refractivity contribution >= 4 is 21.9 Å². The fourth-order valence-electron chi connectivity index (χ4n) is 3.72. The lowest BCUT2D eigenvalue weighted by Gasteiger charge is -2.13. The Morgan fingerprint density at radius 3 is 2.50 bits per heavy atom. The number of nitrogens with zero attached hydrogens (tertiary/aromatic N) is 4. The minimum Gasteiger partial charge on any atom is -0.283 e. The van der Waals surface area contributed by atoms with Crippen LogP contribution in [0, 0.1) is 0 Å². The van der Waals surface area contributed by atoms with Crippen LogP contribution in [-0.2, 0) is 0 Å². The van der Waals surface area contributed by atoms with E-state index in [1.54, 1.807) is 21.5 Å². The molecule has 3 aromatic heterocycles. The van der Waals surface area contributed by atoms with E-state index in [4.69, 9.17) is 4.98 Å². The molecule has 0 bridgehead atoms. The van der Waals surface area contributed by atoms with Gasteiger partial charge in [-0.3, -0.25) is 9.55 Å². The Labute approximate surface area is 161 Å². The molecule has 0 amide bonds. The maximum absolute atomic E-state index is 13.5. The van der Waals surface area contributed by atoms with Crippen LogP contribution in [0.2, 0.25) is 0 Å². The number of para-hydroxylation sites is 1. The van der Waals surface area contributed by atoms with Gasteiger partial charge in [0.1, 0.15) is 5.82 Å². The highest BCUT2D eigenvalue weighted by atomic mass is 16.1. The fraction of sp³-hybridized carbons (Fsp3) is 0.0870. The van der Waals surface area contributed by atoms with E-state index < -0.39 is 0 Å². The van der Waals surface area contributed by atoms with Crippen molar-refractivity contribution in [2.75, 3.05) is 0 Å². The van der Waals surface area contributed by atoms with Crippen LogP contribution < -0.4 is 5.69 Å². The Kier molecular flexibility index (Phi) is 3.79. The number of rotatable bonds is 3. The summed E-state index contributed by atoms with van der Waals surface area (Å²) in [4.78, 5) is 22.5. The minimum absolute atomic E-state index is 0.123. The molecule has 0 aliphatic heterocycles. The third kappa shape index (κ3) is 2.52. The van der Waals surface area contributed by atoms with Crippen LogP contribution in [0.25, 0.3) is 27.8 Å². The van der Waals surface area contributed by atoms with Gasteiger partial charge in [0, 0.05) is 11.6 Å². The molecule has 0 saturated heterocycles. The Bertz CT molecular complexity index is 1350. The molecule has 28 heavy (non-hydrogen) atoms. The molecule has 5 nitrogen and oxygen atoms in total. The van der Waals surface area contributed by atoms with Crippen molar-refractivity contribution in [2.24, 2.45) is 0 Å². The highest BCUT2D eigenvalue weighted by Gasteiger charge is 2.20. The van der Waals surface area contributed by atoms with Gasteiger partial charge < -0.3 is 0 Å². The third-order valence-corrected chi connectivity index (χ3v) is 5.16. The Morgan fingerprint density at radius 2 is 1.64 bits per heavy atom. The number of benzene rings is 2. The first-order valence-corrected chi connectivity index (χ1v) is 9.22. The van der Waals surface area contributed by atoms with Crippen molar-refractivity contribution in [3.63, 3.8) is 0 Å². The predicted octanol–water partition coefficient (Wildman–Crippen LogP) is 4.34. The van der Waals surface area contributed by atoms with E-state index in [0.29, 0.717) is 5.82 Å². The molecular formula is C23H18N4O. The molecule has 5 heteroatoms. The van der Waals surface area contributed by atoms with E-state index in [9.17, 15) is 4.79 Å². The number of hydrogen-bond acceptors (Lipinski definition) is 3. The fourth-order valence-corrected chi connectivity index (χ4v) is 3.72. The zero-order valence-electron chi connectivity index (χ0n) is 15.4. The van der Waals surface area contributed by atoms with Gasteiger partial charge in [0.15, 0.2) is 0 Å². The van der Waals surface area contributed by atoms with Crippen molar-refractivity contribution in [3.05, 3.63) is 101 Å². The van der Waals surface area contributed by atoms with Gasteiger partial charge in [-0.05, 0) is 36.8 Å². The quantitative estimate of drug-likeness (QED) is 0.477. The Morgan fingerprint density at radius 1 is 0.857 bits per heavy atom. The normalized spacial score (nSPS) is 12.5. The third-order valence-electron chi connectivity index (χ3n) is 5.16. The summed E-state index contributed by atoms with van der Waals surface area (Å²) in [7, 11) is 0. The van der Waals surface area contributed by atoms with Gasteiger partial charge in [0.05, 0.1) is 28.8 Å². The second-order valence-electron chi connectivity index (χ2n) is 6.80. The average molecular weight is 366 g/mol. The first-order chi connectivity index (χ1) is 13.7. The summed E-state index contributed by atoms with van der Waals surface area (Å²) in [6, 6.07) is 23.5. The lowest BCUT2D eigenvalue weighted by Crippen LogP contribution is -2.26. The summed E-state index contributed by atoms with van der Waals surface area (Å²) in [5, 5.41) is 1.04. The van der Waals surface area contributed by atoms with Crippen molar-refractivity contribution in [1.29, 1.82) is 0 Å². The lowest BCUT2D eigenvalue weighted by molar-refractivity contribution is 0.624. The van der Waals surface area contributed by atoms with Crippen LogP contribution in [0.4, 0.5) is 0 Å². The van der Waals surface area contributed by atoms with Gasteiger partial charge in [-0.25, -0.2) is 14.3 Å². The van der Waals surface area contributed by atoms with Gasteiger partial charge in [-0.2, -0.15) is 0 Å². The minimum atomic E-state index is -0.123. The molecular weight excluding hydrogens is 348 g/mol. The molecule has 0 aliphatic carbocycles. The number of aromatic nitrogens is 4. The summed E-state index contributed by atoms with van der Waals surface area (Å²) in [6.45, 7) is 2.03. The summed E-state index contributed by atoms with van der Waals surface area (Å²) < 4.78 is 3.46. The molecule has 1 atom stereocenters. The number of imidazole rings is 1. The molecule has 0 unspecified atom stereocenters. The lowest BCUT2D eigenvalue weighted by atomic mass is 10.1. The van der Waals surface area contributed by atoms with Crippen LogP contribution >= 0.6 is 0 Å². The van der Waals surface area contributed by atoms with Crippen LogP contribution in [-0.4, -0.2) is 19.1 Å². The van der Waals surface area contributed by atoms with E-state index in [0.717, 1.165) is 27.5 Å². The standard InChI is InChI=1S/C23H18N4O/c1-16(17-7-3-2-4-8-17)26-21-15-24-14-13-20(21)27(23(26)28)22-12-11-18-9-5-6-10-19(18)25-22/h2-16H,1H3/t16-/m0/s1. The summed E-state index contributed by atoms with van der Waals surface area (Å²) in [6.07, 6.45) is 3.45. The molecule has 5 aromatic rings. The average Bonchev–Trinajstić information content (AvgIpc) is 3.05. The van der Waals surface area contributed by atoms with E-state index in [1.165, 1.54) is 0 Å². The first-order valence-electron chi connectivity index (χ1n) is 9.22. The molecule has 0 radical (unpaired) electrons.